The fraction of sp³-hybridized carbons (Fsp3) is 0.667. The first-order chi connectivity index (χ1) is 9.19. The lowest BCUT2D eigenvalue weighted by molar-refractivity contribution is 0.222. The summed E-state index contributed by atoms with van der Waals surface area (Å²) in [6.45, 7) is 4.47. The van der Waals surface area contributed by atoms with Gasteiger partial charge < -0.3 is 15.1 Å². The van der Waals surface area contributed by atoms with Gasteiger partial charge in [-0.25, -0.2) is 4.98 Å². The summed E-state index contributed by atoms with van der Waals surface area (Å²) in [7, 11) is 6.34. The van der Waals surface area contributed by atoms with Gasteiger partial charge in [-0.05, 0) is 63.6 Å². The molecule has 19 heavy (non-hydrogen) atoms. The summed E-state index contributed by atoms with van der Waals surface area (Å²) in [5.41, 5.74) is 1.29. The van der Waals surface area contributed by atoms with Crippen LogP contribution in [0.4, 0.5) is 5.82 Å². The number of pyridine rings is 1. The first kappa shape index (κ1) is 14.3. The Morgan fingerprint density at radius 2 is 2.16 bits per heavy atom. The van der Waals surface area contributed by atoms with E-state index in [9.17, 15) is 0 Å². The normalized spacial score (nSPS) is 17.6. The van der Waals surface area contributed by atoms with E-state index in [4.69, 9.17) is 0 Å². The first-order valence-electron chi connectivity index (χ1n) is 7.18. The van der Waals surface area contributed by atoms with Crippen molar-refractivity contribution in [3.63, 3.8) is 0 Å². The van der Waals surface area contributed by atoms with Crippen molar-refractivity contribution in [3.05, 3.63) is 23.9 Å². The number of nitrogens with one attached hydrogen (secondary N) is 1. The highest BCUT2D eigenvalue weighted by molar-refractivity contribution is 5.40. The van der Waals surface area contributed by atoms with E-state index < -0.39 is 0 Å². The molecule has 1 saturated heterocycles. The van der Waals surface area contributed by atoms with Crippen LogP contribution in [-0.4, -0.2) is 50.7 Å². The molecule has 0 amide bonds. The second-order valence-corrected chi connectivity index (χ2v) is 5.68. The van der Waals surface area contributed by atoms with Gasteiger partial charge >= 0.3 is 0 Å². The zero-order valence-corrected chi connectivity index (χ0v) is 12.4. The average molecular weight is 262 g/mol. The molecule has 4 heteroatoms. The Balaban J connectivity index is 1.91. The van der Waals surface area contributed by atoms with Crippen molar-refractivity contribution < 1.29 is 0 Å². The van der Waals surface area contributed by atoms with Gasteiger partial charge in [0.1, 0.15) is 5.82 Å². The van der Waals surface area contributed by atoms with Gasteiger partial charge in [-0.2, -0.15) is 0 Å². The molecule has 0 spiro atoms. The van der Waals surface area contributed by atoms with E-state index in [1.54, 1.807) is 0 Å². The molecule has 1 N–H and O–H groups in total. The lowest BCUT2D eigenvalue weighted by atomic mass is 9.97. The molecule has 1 aliphatic rings. The molecule has 1 fully saturated rings. The Morgan fingerprint density at radius 3 is 2.84 bits per heavy atom. The predicted molar refractivity (Wildman–Crippen MR) is 80.5 cm³/mol. The van der Waals surface area contributed by atoms with Gasteiger partial charge in [-0.1, -0.05) is 0 Å². The Morgan fingerprint density at radius 1 is 1.42 bits per heavy atom. The highest BCUT2D eigenvalue weighted by Gasteiger charge is 2.18. The maximum atomic E-state index is 4.49. The van der Waals surface area contributed by atoms with Crippen LogP contribution in [0.25, 0.3) is 0 Å². The molecule has 1 aromatic rings. The summed E-state index contributed by atoms with van der Waals surface area (Å²) in [6.07, 6.45) is 4.52. The van der Waals surface area contributed by atoms with Crippen molar-refractivity contribution in [1.82, 2.24) is 15.2 Å². The number of aromatic nitrogens is 1. The number of hydrogen-bond acceptors (Lipinski definition) is 4. The van der Waals surface area contributed by atoms with E-state index in [0.717, 1.165) is 24.8 Å². The Bertz CT molecular complexity index is 385. The van der Waals surface area contributed by atoms with E-state index >= 15 is 0 Å². The van der Waals surface area contributed by atoms with Crippen molar-refractivity contribution in [1.29, 1.82) is 0 Å². The largest absolute Gasteiger partial charge is 0.359 e. The molecular weight excluding hydrogens is 236 g/mol. The van der Waals surface area contributed by atoms with Gasteiger partial charge in [0.05, 0.1) is 0 Å². The number of rotatable bonds is 5. The maximum Gasteiger partial charge on any atom is 0.128 e. The summed E-state index contributed by atoms with van der Waals surface area (Å²) in [5, 5.41) is 3.18. The van der Waals surface area contributed by atoms with Crippen molar-refractivity contribution in [2.45, 2.75) is 19.4 Å². The topological polar surface area (TPSA) is 31.4 Å². The van der Waals surface area contributed by atoms with Crippen molar-refractivity contribution in [3.8, 4) is 0 Å². The van der Waals surface area contributed by atoms with E-state index in [0.29, 0.717) is 0 Å². The zero-order chi connectivity index (χ0) is 13.7. The number of likely N-dealkylation sites (tertiary alicyclic amines) is 1. The second-order valence-electron chi connectivity index (χ2n) is 5.68. The van der Waals surface area contributed by atoms with Gasteiger partial charge in [0.25, 0.3) is 0 Å². The Hall–Kier alpha value is -1.13. The van der Waals surface area contributed by atoms with E-state index in [-0.39, 0.29) is 0 Å². The quantitative estimate of drug-likeness (QED) is 0.873. The van der Waals surface area contributed by atoms with Gasteiger partial charge in [0, 0.05) is 26.3 Å². The summed E-state index contributed by atoms with van der Waals surface area (Å²) in [5.74, 6) is 1.89. The highest BCUT2D eigenvalue weighted by atomic mass is 15.2. The van der Waals surface area contributed by atoms with Gasteiger partial charge in [0.2, 0.25) is 0 Å². The minimum Gasteiger partial charge on any atom is -0.359 e. The summed E-state index contributed by atoms with van der Waals surface area (Å²) < 4.78 is 0. The smallest absolute Gasteiger partial charge is 0.128 e. The lowest BCUT2D eigenvalue weighted by Gasteiger charge is -2.32. The molecular formula is C15H26N4. The summed E-state index contributed by atoms with van der Waals surface area (Å²) in [6, 6.07) is 4.26. The lowest BCUT2D eigenvalue weighted by Crippen LogP contribution is -2.36. The Kier molecular flexibility index (Phi) is 5.16. The minimum atomic E-state index is 0.802. The molecule has 2 heterocycles. The average Bonchev–Trinajstić information content (AvgIpc) is 2.42. The zero-order valence-electron chi connectivity index (χ0n) is 12.4. The van der Waals surface area contributed by atoms with E-state index in [2.05, 4.69) is 46.3 Å². The standard InChI is InChI=1S/C15H26N4/c1-16-11-14-4-7-17-15(10-14)19(3)12-13-5-8-18(2)9-6-13/h4,7,10,13,16H,5-6,8-9,11-12H2,1-3H3. The Labute approximate surface area is 116 Å². The molecule has 0 atom stereocenters. The third-order valence-electron chi connectivity index (χ3n) is 3.95. The van der Waals surface area contributed by atoms with Crippen molar-refractivity contribution in [2.75, 3.05) is 45.7 Å². The highest BCUT2D eigenvalue weighted by Crippen LogP contribution is 2.19. The third kappa shape index (κ3) is 4.18. The van der Waals surface area contributed by atoms with Crippen LogP contribution in [0.1, 0.15) is 18.4 Å². The summed E-state index contributed by atoms with van der Waals surface area (Å²) >= 11 is 0. The molecule has 2 rings (SSSR count). The number of anilines is 1. The molecule has 0 saturated carbocycles. The molecule has 0 radical (unpaired) electrons. The number of hydrogen-bond donors (Lipinski definition) is 1. The maximum absolute atomic E-state index is 4.49. The second kappa shape index (κ2) is 6.87. The van der Waals surface area contributed by atoms with Crippen LogP contribution in [0.3, 0.4) is 0 Å². The molecule has 1 aromatic heterocycles. The molecule has 0 aliphatic carbocycles. The molecule has 0 unspecified atom stereocenters. The van der Waals surface area contributed by atoms with Gasteiger partial charge in [0.15, 0.2) is 0 Å². The molecule has 1 aliphatic heterocycles. The SMILES string of the molecule is CNCc1ccnc(N(C)CC2CCN(C)CC2)c1. The molecule has 0 bridgehead atoms. The van der Waals surface area contributed by atoms with Crippen molar-refractivity contribution in [2.24, 2.45) is 5.92 Å². The fourth-order valence-corrected chi connectivity index (χ4v) is 2.71. The first-order valence-corrected chi connectivity index (χ1v) is 7.18. The van der Waals surface area contributed by atoms with Crippen LogP contribution in [0.15, 0.2) is 18.3 Å². The monoisotopic (exact) mass is 262 g/mol. The van der Waals surface area contributed by atoms with Crippen LogP contribution in [0.2, 0.25) is 0 Å². The van der Waals surface area contributed by atoms with Crippen molar-refractivity contribution >= 4 is 5.82 Å². The van der Waals surface area contributed by atoms with Crippen LogP contribution in [-0.2, 0) is 6.54 Å². The van der Waals surface area contributed by atoms with E-state index in [1.807, 2.05) is 13.2 Å². The van der Waals surface area contributed by atoms with Crippen LogP contribution in [0, 0.1) is 5.92 Å². The predicted octanol–water partition coefficient (Wildman–Crippen LogP) is 1.58. The summed E-state index contributed by atoms with van der Waals surface area (Å²) in [4.78, 5) is 9.21. The minimum absolute atomic E-state index is 0.802. The number of piperidine rings is 1. The molecule has 4 nitrogen and oxygen atoms in total. The van der Waals surface area contributed by atoms with Crippen LogP contribution in [0.5, 0.6) is 0 Å². The van der Waals surface area contributed by atoms with Gasteiger partial charge in [-0.3, -0.25) is 0 Å². The van der Waals surface area contributed by atoms with Crippen LogP contribution < -0.4 is 10.2 Å². The number of nitrogens with zero attached hydrogens (tertiary/aromatic N) is 3. The van der Waals surface area contributed by atoms with E-state index in [1.165, 1.54) is 31.5 Å². The fourth-order valence-electron chi connectivity index (χ4n) is 2.71. The molecule has 0 aromatic carbocycles. The molecule has 106 valence electrons. The van der Waals surface area contributed by atoms with Gasteiger partial charge in [-0.15, -0.1) is 0 Å². The van der Waals surface area contributed by atoms with Crippen LogP contribution >= 0.6 is 0 Å². The third-order valence-corrected chi connectivity index (χ3v) is 3.95.